The largest absolute Gasteiger partial charge is 0.496 e. The molecule has 0 radical (unpaired) electrons. The van der Waals surface area contributed by atoms with E-state index in [9.17, 15) is 9.90 Å². The van der Waals surface area contributed by atoms with Crippen LogP contribution in [0.4, 0.5) is 0 Å². The van der Waals surface area contributed by atoms with Crippen molar-refractivity contribution in [3.05, 3.63) is 77.6 Å². The van der Waals surface area contributed by atoms with Gasteiger partial charge in [0.15, 0.2) is 5.60 Å². The van der Waals surface area contributed by atoms with Crippen molar-refractivity contribution in [2.45, 2.75) is 57.2 Å². The van der Waals surface area contributed by atoms with E-state index in [4.69, 9.17) is 19.2 Å². The van der Waals surface area contributed by atoms with Crippen LogP contribution in [0, 0.1) is 5.92 Å². The van der Waals surface area contributed by atoms with Gasteiger partial charge in [0.05, 0.1) is 37.8 Å². The van der Waals surface area contributed by atoms with E-state index >= 15 is 0 Å². The first-order chi connectivity index (χ1) is 22.4. The molecule has 0 spiro atoms. The summed E-state index contributed by atoms with van der Waals surface area (Å²) in [5, 5.41) is 9.54. The number of imidazole rings is 1. The molecule has 2 aliphatic heterocycles. The molecule has 3 aromatic rings. The molecule has 3 heterocycles. The maximum atomic E-state index is 11.6. The molecule has 9 nitrogen and oxygen atoms in total. The van der Waals surface area contributed by atoms with E-state index in [1.807, 2.05) is 12.1 Å². The van der Waals surface area contributed by atoms with Crippen molar-refractivity contribution < 1.29 is 24.1 Å². The van der Waals surface area contributed by atoms with Crippen molar-refractivity contribution >= 4 is 22.6 Å². The molecule has 9 heteroatoms. The van der Waals surface area contributed by atoms with E-state index in [-0.39, 0.29) is 18.4 Å². The number of nitrogens with zero attached hydrogens (tertiary/aromatic N) is 4. The summed E-state index contributed by atoms with van der Waals surface area (Å²) in [6, 6.07) is 14.8. The Balaban J connectivity index is 1.34. The minimum atomic E-state index is -0.772. The topological polar surface area (TPSA) is 89.3 Å². The number of benzene rings is 2. The highest BCUT2D eigenvalue weighted by atomic mass is 16.5. The van der Waals surface area contributed by atoms with Crippen molar-refractivity contribution in [1.29, 1.82) is 0 Å². The molecule has 0 amide bonds. The van der Waals surface area contributed by atoms with E-state index in [0.29, 0.717) is 13.2 Å². The first kappa shape index (κ1) is 32.4. The van der Waals surface area contributed by atoms with Gasteiger partial charge in [-0.05, 0) is 49.1 Å². The molecular weight excluding hydrogens is 580 g/mol. The highest BCUT2D eigenvalue weighted by Crippen LogP contribution is 2.46. The van der Waals surface area contributed by atoms with Crippen LogP contribution in [-0.2, 0) is 33.5 Å². The van der Waals surface area contributed by atoms with Crippen LogP contribution in [0.15, 0.2) is 60.7 Å². The zero-order chi connectivity index (χ0) is 32.1. The van der Waals surface area contributed by atoms with Crippen LogP contribution in [0.2, 0.25) is 0 Å². The second kappa shape index (κ2) is 14.5. The van der Waals surface area contributed by atoms with Crippen LogP contribution in [0.1, 0.15) is 56.0 Å². The fraction of sp³-hybridized carbons (Fsp3) is 0.514. The van der Waals surface area contributed by atoms with E-state index in [2.05, 4.69) is 76.9 Å². The minimum absolute atomic E-state index is 0.00490. The number of morpholine rings is 1. The standard InChI is InChI=1S/C37H48N4O5/c1-27-31(28-11-5-4-6-12-28)14-9-15-37(27,46-20-10-16-40-18-21-45-22-19-40)36-38-32-25-34(44-3)29(23-33(32)39(36)2)26-41-17-8-7-13-30(41)24-35(42)43/h4-6,9,11-12,14-15,23,25,27,30H,7-8,10,13,16-22,24,26H2,1-3H3,(H,42,43). The quantitative estimate of drug-likeness (QED) is 0.258. The second-order valence-electron chi connectivity index (χ2n) is 12.9. The van der Waals surface area contributed by atoms with Gasteiger partial charge in [-0.3, -0.25) is 14.6 Å². The van der Waals surface area contributed by atoms with Crippen LogP contribution in [0.25, 0.3) is 16.6 Å². The van der Waals surface area contributed by atoms with Crippen molar-refractivity contribution in [2.24, 2.45) is 13.0 Å². The highest BCUT2D eigenvalue weighted by molar-refractivity contribution is 5.80. The predicted octanol–water partition coefficient (Wildman–Crippen LogP) is 5.63. The molecule has 1 aliphatic carbocycles. The zero-order valence-corrected chi connectivity index (χ0v) is 27.5. The van der Waals surface area contributed by atoms with E-state index in [1.165, 1.54) is 11.1 Å². The lowest BCUT2D eigenvalue weighted by Gasteiger charge is -2.39. The number of aryl methyl sites for hydroxylation is 1. The van der Waals surface area contributed by atoms with Crippen LogP contribution < -0.4 is 4.74 Å². The molecule has 0 bridgehead atoms. The summed E-state index contributed by atoms with van der Waals surface area (Å²) in [7, 11) is 3.77. The van der Waals surface area contributed by atoms with Gasteiger partial charge in [0.25, 0.3) is 0 Å². The van der Waals surface area contributed by atoms with Crippen molar-refractivity contribution in [2.75, 3.05) is 53.1 Å². The first-order valence-electron chi connectivity index (χ1n) is 16.8. The Kier molecular flexibility index (Phi) is 10.2. The lowest BCUT2D eigenvalue weighted by molar-refractivity contribution is -0.138. The number of likely N-dealkylation sites (tertiary alicyclic amines) is 1. The van der Waals surface area contributed by atoms with Crippen molar-refractivity contribution in [3.63, 3.8) is 0 Å². The summed E-state index contributed by atoms with van der Waals surface area (Å²) >= 11 is 0. The number of ether oxygens (including phenoxy) is 3. The second-order valence-corrected chi connectivity index (χ2v) is 12.9. The zero-order valence-electron chi connectivity index (χ0n) is 27.5. The smallest absolute Gasteiger partial charge is 0.304 e. The molecule has 0 saturated carbocycles. The Morgan fingerprint density at radius 3 is 2.70 bits per heavy atom. The third-order valence-corrected chi connectivity index (χ3v) is 10.1. The summed E-state index contributed by atoms with van der Waals surface area (Å²) in [6.45, 7) is 8.85. The maximum Gasteiger partial charge on any atom is 0.304 e. The van der Waals surface area contributed by atoms with Crippen molar-refractivity contribution in [1.82, 2.24) is 19.4 Å². The summed E-state index contributed by atoms with van der Waals surface area (Å²) in [4.78, 5) is 21.6. The van der Waals surface area contributed by atoms with Gasteiger partial charge in [-0.25, -0.2) is 4.98 Å². The van der Waals surface area contributed by atoms with Gasteiger partial charge in [-0.15, -0.1) is 0 Å². The molecule has 1 aromatic heterocycles. The molecule has 3 aliphatic rings. The fourth-order valence-electron chi connectivity index (χ4n) is 7.50. The summed E-state index contributed by atoms with van der Waals surface area (Å²) in [5.74, 6) is 0.893. The van der Waals surface area contributed by atoms with E-state index in [1.54, 1.807) is 7.11 Å². The Morgan fingerprint density at radius 1 is 1.13 bits per heavy atom. The summed E-state index contributed by atoms with van der Waals surface area (Å²) < 4.78 is 20.6. The van der Waals surface area contributed by atoms with Crippen LogP contribution in [0.5, 0.6) is 5.75 Å². The average Bonchev–Trinajstić information content (AvgIpc) is 3.40. The first-order valence-corrected chi connectivity index (χ1v) is 16.8. The van der Waals surface area contributed by atoms with Gasteiger partial charge in [0.1, 0.15) is 11.6 Å². The number of fused-ring (bicyclic) bond motifs is 1. The molecule has 3 unspecified atom stereocenters. The maximum absolute atomic E-state index is 11.6. The predicted molar refractivity (Wildman–Crippen MR) is 180 cm³/mol. The highest BCUT2D eigenvalue weighted by Gasteiger charge is 2.44. The molecule has 2 aromatic carbocycles. The number of piperidine rings is 1. The van der Waals surface area contributed by atoms with Gasteiger partial charge in [0.2, 0.25) is 0 Å². The number of carbonyl (C=O) groups is 1. The normalized spacial score (nSPS) is 24.3. The molecule has 3 atom stereocenters. The van der Waals surface area contributed by atoms with Gasteiger partial charge in [-0.2, -0.15) is 0 Å². The fourth-order valence-corrected chi connectivity index (χ4v) is 7.50. The number of allylic oxidation sites excluding steroid dienone is 2. The number of hydrogen-bond acceptors (Lipinski definition) is 7. The molecule has 246 valence electrons. The molecule has 2 fully saturated rings. The molecular formula is C37H48N4O5. The van der Waals surface area contributed by atoms with Gasteiger partial charge in [0, 0.05) is 63.4 Å². The number of hydrogen-bond donors (Lipinski definition) is 1. The van der Waals surface area contributed by atoms with Gasteiger partial charge in [-0.1, -0.05) is 55.8 Å². The Bertz CT molecular complexity index is 1560. The summed E-state index contributed by atoms with van der Waals surface area (Å²) in [6.07, 6.45) is 10.6. The Labute approximate surface area is 272 Å². The SMILES string of the molecule is COc1cc2nc(C3(OCCCN4CCOCC4)C=CC=C(c4ccccc4)C3C)n(C)c2cc1CN1CCCCC1CC(=O)O. The molecule has 2 saturated heterocycles. The molecule has 46 heavy (non-hydrogen) atoms. The monoisotopic (exact) mass is 628 g/mol. The number of rotatable bonds is 12. The number of carboxylic acid groups (broad SMARTS) is 1. The van der Waals surface area contributed by atoms with E-state index < -0.39 is 11.6 Å². The molecule has 1 N–H and O–H groups in total. The Hall–Kier alpha value is -3.50. The molecule has 6 rings (SSSR count). The van der Waals surface area contributed by atoms with Gasteiger partial charge < -0.3 is 23.9 Å². The number of carboxylic acids is 1. The lowest BCUT2D eigenvalue weighted by Crippen LogP contribution is -2.41. The third kappa shape index (κ3) is 6.79. The summed E-state index contributed by atoms with van der Waals surface area (Å²) in [5.41, 5.74) is 4.53. The average molecular weight is 629 g/mol. The van der Waals surface area contributed by atoms with Gasteiger partial charge >= 0.3 is 5.97 Å². The number of aliphatic carboxylic acids is 1. The van der Waals surface area contributed by atoms with Crippen LogP contribution in [0.3, 0.4) is 0 Å². The number of methoxy groups -OCH3 is 1. The minimum Gasteiger partial charge on any atom is -0.496 e. The third-order valence-electron chi connectivity index (χ3n) is 10.1. The van der Waals surface area contributed by atoms with Crippen LogP contribution in [-0.4, -0.2) is 89.6 Å². The Morgan fingerprint density at radius 2 is 1.93 bits per heavy atom. The van der Waals surface area contributed by atoms with Crippen LogP contribution >= 0.6 is 0 Å². The lowest BCUT2D eigenvalue weighted by atomic mass is 9.76. The van der Waals surface area contributed by atoms with Crippen molar-refractivity contribution in [3.8, 4) is 5.75 Å². The number of aromatic nitrogens is 2. The van der Waals surface area contributed by atoms with E-state index in [0.717, 1.165) is 93.2 Å².